The first-order valence-electron chi connectivity index (χ1n) is 6.15. The van der Waals surface area contributed by atoms with Crippen molar-refractivity contribution in [2.24, 2.45) is 5.73 Å². The Morgan fingerprint density at radius 2 is 1.84 bits per heavy atom. The van der Waals surface area contributed by atoms with Gasteiger partial charge < -0.3 is 10.3 Å². The van der Waals surface area contributed by atoms with Gasteiger partial charge in [0.05, 0.1) is 0 Å². The Bertz CT molecular complexity index is 576. The highest BCUT2D eigenvalue weighted by Crippen LogP contribution is 2.27. The lowest BCUT2D eigenvalue weighted by atomic mass is 10.0. The molecule has 2 aromatic rings. The summed E-state index contributed by atoms with van der Waals surface area (Å²) >= 11 is 3.55. The van der Waals surface area contributed by atoms with Crippen LogP contribution in [0.4, 0.5) is 0 Å². The molecule has 0 saturated carbocycles. The Morgan fingerprint density at radius 3 is 2.37 bits per heavy atom. The van der Waals surface area contributed by atoms with Crippen LogP contribution in [0.2, 0.25) is 0 Å². The van der Waals surface area contributed by atoms with E-state index in [0.717, 1.165) is 21.2 Å². The lowest BCUT2D eigenvalue weighted by molar-refractivity contribution is 0.348. The highest BCUT2D eigenvalue weighted by molar-refractivity contribution is 9.10. The molecule has 4 nitrogen and oxygen atoms in total. The van der Waals surface area contributed by atoms with Gasteiger partial charge in [-0.25, -0.2) is 0 Å². The molecule has 1 heterocycles. The van der Waals surface area contributed by atoms with Gasteiger partial charge in [0.1, 0.15) is 0 Å². The molecule has 0 atom stereocenters. The molecule has 0 saturated heterocycles. The first-order chi connectivity index (χ1) is 8.76. The summed E-state index contributed by atoms with van der Waals surface area (Å²) in [7, 11) is 0. The maximum absolute atomic E-state index is 5.95. The summed E-state index contributed by atoms with van der Waals surface area (Å²) in [6.07, 6.45) is 0.564. The second kappa shape index (κ2) is 5.06. The molecule has 0 aliphatic carbocycles. The van der Waals surface area contributed by atoms with Crippen LogP contribution >= 0.6 is 15.9 Å². The van der Waals surface area contributed by atoms with Crippen molar-refractivity contribution in [3.05, 3.63) is 33.6 Å². The zero-order valence-electron chi connectivity index (χ0n) is 11.6. The fourth-order valence-corrected chi connectivity index (χ4v) is 2.14. The predicted molar refractivity (Wildman–Crippen MR) is 78.9 cm³/mol. The standard InChI is InChI=1S/C14H18BrN3O/c1-8-5-10(6-9(2)12(8)15)13-17-11(19-18-13)7-14(3,4)16/h5-6H,7,16H2,1-4H3. The highest BCUT2D eigenvalue weighted by Gasteiger charge is 2.18. The zero-order chi connectivity index (χ0) is 14.2. The van der Waals surface area contributed by atoms with Gasteiger partial charge in [0.25, 0.3) is 0 Å². The molecule has 2 rings (SSSR count). The number of halogens is 1. The minimum absolute atomic E-state index is 0.352. The molecule has 0 spiro atoms. The largest absolute Gasteiger partial charge is 0.339 e. The van der Waals surface area contributed by atoms with Gasteiger partial charge in [-0.15, -0.1) is 0 Å². The number of hydrogen-bond donors (Lipinski definition) is 1. The molecule has 0 radical (unpaired) electrons. The maximum atomic E-state index is 5.95. The molecule has 5 heteroatoms. The molecular formula is C14H18BrN3O. The van der Waals surface area contributed by atoms with Crippen molar-refractivity contribution in [2.45, 2.75) is 39.7 Å². The Hall–Kier alpha value is -1.20. The van der Waals surface area contributed by atoms with Crippen molar-refractivity contribution in [1.82, 2.24) is 10.1 Å². The van der Waals surface area contributed by atoms with E-state index in [-0.39, 0.29) is 5.54 Å². The Kier molecular flexibility index (Phi) is 3.78. The van der Waals surface area contributed by atoms with Gasteiger partial charge in [0.15, 0.2) is 0 Å². The third-order valence-electron chi connectivity index (χ3n) is 2.77. The van der Waals surface area contributed by atoms with Crippen molar-refractivity contribution in [2.75, 3.05) is 0 Å². The van der Waals surface area contributed by atoms with Crippen molar-refractivity contribution in [1.29, 1.82) is 0 Å². The minimum Gasteiger partial charge on any atom is -0.339 e. The van der Waals surface area contributed by atoms with Gasteiger partial charge in [0, 0.05) is 22.0 Å². The number of nitrogens with zero attached hydrogens (tertiary/aromatic N) is 2. The molecule has 0 aliphatic rings. The number of hydrogen-bond acceptors (Lipinski definition) is 4. The molecule has 0 aliphatic heterocycles. The van der Waals surface area contributed by atoms with E-state index in [1.54, 1.807) is 0 Å². The van der Waals surface area contributed by atoms with Gasteiger partial charge in [-0.2, -0.15) is 4.98 Å². The van der Waals surface area contributed by atoms with E-state index in [0.29, 0.717) is 18.1 Å². The SMILES string of the molecule is Cc1cc(-c2noc(CC(C)(C)N)n2)cc(C)c1Br. The van der Waals surface area contributed by atoms with Gasteiger partial charge in [-0.1, -0.05) is 21.1 Å². The molecule has 0 unspecified atom stereocenters. The van der Waals surface area contributed by atoms with Crippen LogP contribution in [0.3, 0.4) is 0 Å². The molecule has 102 valence electrons. The van der Waals surface area contributed by atoms with E-state index in [4.69, 9.17) is 10.3 Å². The topological polar surface area (TPSA) is 64.9 Å². The monoisotopic (exact) mass is 323 g/mol. The number of benzene rings is 1. The number of aryl methyl sites for hydroxylation is 2. The van der Waals surface area contributed by atoms with E-state index in [9.17, 15) is 0 Å². The summed E-state index contributed by atoms with van der Waals surface area (Å²) in [4.78, 5) is 4.40. The maximum Gasteiger partial charge on any atom is 0.228 e. The number of aromatic nitrogens is 2. The fourth-order valence-electron chi connectivity index (χ4n) is 1.91. The highest BCUT2D eigenvalue weighted by atomic mass is 79.9. The average molecular weight is 324 g/mol. The molecule has 0 fully saturated rings. The van der Waals surface area contributed by atoms with E-state index >= 15 is 0 Å². The first kappa shape index (κ1) is 14.2. The fraction of sp³-hybridized carbons (Fsp3) is 0.429. The molecule has 19 heavy (non-hydrogen) atoms. The van der Waals surface area contributed by atoms with Crippen LogP contribution in [0.25, 0.3) is 11.4 Å². The minimum atomic E-state index is -0.352. The van der Waals surface area contributed by atoms with Crippen molar-refractivity contribution < 1.29 is 4.52 Å². The molecular weight excluding hydrogens is 306 g/mol. The van der Waals surface area contributed by atoms with Crippen molar-refractivity contribution >= 4 is 15.9 Å². The molecule has 0 bridgehead atoms. The van der Waals surface area contributed by atoms with E-state index in [2.05, 4.69) is 26.1 Å². The lowest BCUT2D eigenvalue weighted by Gasteiger charge is -2.14. The second-order valence-electron chi connectivity index (χ2n) is 5.60. The van der Waals surface area contributed by atoms with Crippen molar-refractivity contribution in [3.8, 4) is 11.4 Å². The van der Waals surface area contributed by atoms with Gasteiger partial charge in [0.2, 0.25) is 11.7 Å². The number of rotatable bonds is 3. The van der Waals surface area contributed by atoms with Crippen LogP contribution in [-0.4, -0.2) is 15.7 Å². The summed E-state index contributed by atoms with van der Waals surface area (Å²) in [5, 5.41) is 4.03. The predicted octanol–water partition coefficient (Wildman–Crippen LogP) is 3.40. The first-order valence-corrected chi connectivity index (χ1v) is 6.94. The van der Waals surface area contributed by atoms with E-state index in [1.807, 2.05) is 39.8 Å². The van der Waals surface area contributed by atoms with Gasteiger partial charge >= 0.3 is 0 Å². The smallest absolute Gasteiger partial charge is 0.228 e. The Labute approximate surface area is 121 Å². The Balaban J connectivity index is 2.33. The Morgan fingerprint density at radius 1 is 1.26 bits per heavy atom. The molecule has 1 aromatic carbocycles. The van der Waals surface area contributed by atoms with Crippen molar-refractivity contribution in [3.63, 3.8) is 0 Å². The van der Waals surface area contributed by atoms with Gasteiger partial charge in [-0.05, 0) is 51.0 Å². The average Bonchev–Trinajstić information content (AvgIpc) is 2.71. The molecule has 2 N–H and O–H groups in total. The second-order valence-corrected chi connectivity index (χ2v) is 6.39. The van der Waals surface area contributed by atoms with Gasteiger partial charge in [-0.3, -0.25) is 0 Å². The van der Waals surface area contributed by atoms with Crippen LogP contribution in [0.15, 0.2) is 21.1 Å². The summed E-state index contributed by atoms with van der Waals surface area (Å²) < 4.78 is 6.37. The lowest BCUT2D eigenvalue weighted by Crippen LogP contribution is -2.34. The third kappa shape index (κ3) is 3.42. The summed E-state index contributed by atoms with van der Waals surface area (Å²) in [5.41, 5.74) is 8.87. The normalized spacial score (nSPS) is 11.9. The van der Waals surface area contributed by atoms with Crippen LogP contribution in [0.5, 0.6) is 0 Å². The van der Waals surface area contributed by atoms with Crippen LogP contribution < -0.4 is 5.73 Å². The van der Waals surface area contributed by atoms with E-state index < -0.39 is 0 Å². The summed E-state index contributed by atoms with van der Waals surface area (Å²) in [5.74, 6) is 1.18. The van der Waals surface area contributed by atoms with Crippen LogP contribution in [0, 0.1) is 13.8 Å². The van der Waals surface area contributed by atoms with E-state index in [1.165, 1.54) is 0 Å². The molecule has 1 aromatic heterocycles. The summed E-state index contributed by atoms with van der Waals surface area (Å²) in [6, 6.07) is 4.08. The third-order valence-corrected chi connectivity index (χ3v) is 4.02. The molecule has 0 amide bonds. The van der Waals surface area contributed by atoms with Crippen LogP contribution in [0.1, 0.15) is 30.9 Å². The zero-order valence-corrected chi connectivity index (χ0v) is 13.2. The number of nitrogens with two attached hydrogens (primary N) is 1. The summed E-state index contributed by atoms with van der Waals surface area (Å²) in [6.45, 7) is 7.96. The quantitative estimate of drug-likeness (QED) is 0.940. The van der Waals surface area contributed by atoms with Crippen LogP contribution in [-0.2, 0) is 6.42 Å².